The first kappa shape index (κ1) is 14.8. The first-order chi connectivity index (χ1) is 8.52. The van der Waals surface area contributed by atoms with E-state index in [1.165, 1.54) is 12.0 Å². The second-order valence-electron chi connectivity index (χ2n) is 4.97. The van der Waals surface area contributed by atoms with Crippen molar-refractivity contribution in [1.82, 2.24) is 9.80 Å². The highest BCUT2D eigenvalue weighted by Gasteiger charge is 2.06. The van der Waals surface area contributed by atoms with Gasteiger partial charge in [-0.2, -0.15) is 0 Å². The van der Waals surface area contributed by atoms with Crippen LogP contribution in [-0.2, 0) is 6.54 Å². The number of benzene rings is 1. The molecule has 0 fully saturated rings. The van der Waals surface area contributed by atoms with Crippen LogP contribution in [0.3, 0.4) is 0 Å². The van der Waals surface area contributed by atoms with Gasteiger partial charge in [-0.05, 0) is 46.7 Å². The molecule has 1 aromatic carbocycles. The normalized spacial score (nSPS) is 11.2. The van der Waals surface area contributed by atoms with E-state index in [0.29, 0.717) is 0 Å². The lowest BCUT2D eigenvalue weighted by Gasteiger charge is -2.19. The monoisotopic (exact) mass is 251 g/mol. The molecular weight excluding hydrogens is 226 g/mol. The molecule has 0 bridgehead atoms. The van der Waals surface area contributed by atoms with E-state index in [1.807, 2.05) is 18.2 Å². The molecule has 0 aliphatic rings. The summed E-state index contributed by atoms with van der Waals surface area (Å²) in [6.07, 6.45) is 1.17. The molecule has 0 amide bonds. The molecule has 2 N–H and O–H groups in total. The Morgan fingerprint density at radius 3 is 2.50 bits per heavy atom. The molecule has 4 nitrogen and oxygen atoms in total. The fourth-order valence-corrected chi connectivity index (χ4v) is 1.92. The lowest BCUT2D eigenvalue weighted by Crippen LogP contribution is -2.23. The Morgan fingerprint density at radius 2 is 1.89 bits per heavy atom. The molecule has 0 spiro atoms. The highest BCUT2D eigenvalue weighted by molar-refractivity contribution is 5.48. The molecule has 102 valence electrons. The van der Waals surface area contributed by atoms with Gasteiger partial charge in [-0.15, -0.1) is 0 Å². The number of nitrogen functional groups attached to an aromatic ring is 1. The molecule has 0 aromatic heterocycles. The summed E-state index contributed by atoms with van der Waals surface area (Å²) in [7, 11) is 8.02. The zero-order valence-corrected chi connectivity index (χ0v) is 11.9. The maximum absolute atomic E-state index is 5.75. The third kappa shape index (κ3) is 4.94. The molecule has 0 atom stereocenters. The van der Waals surface area contributed by atoms with Crippen LogP contribution in [0.5, 0.6) is 5.75 Å². The van der Waals surface area contributed by atoms with Crippen LogP contribution in [0.1, 0.15) is 12.0 Å². The lowest BCUT2D eigenvalue weighted by atomic mass is 10.1. The molecule has 0 aliphatic heterocycles. The van der Waals surface area contributed by atoms with Crippen LogP contribution in [0.25, 0.3) is 0 Å². The number of rotatable bonds is 7. The van der Waals surface area contributed by atoms with E-state index in [-0.39, 0.29) is 0 Å². The minimum Gasteiger partial charge on any atom is -0.496 e. The Labute approximate surface area is 110 Å². The summed E-state index contributed by atoms with van der Waals surface area (Å²) in [6, 6.07) is 5.84. The number of hydrogen-bond acceptors (Lipinski definition) is 4. The number of nitrogens with two attached hydrogens (primary N) is 1. The van der Waals surface area contributed by atoms with Crippen LogP contribution in [0.2, 0.25) is 0 Å². The Kier molecular flexibility index (Phi) is 5.95. The third-order valence-corrected chi connectivity index (χ3v) is 2.90. The van der Waals surface area contributed by atoms with Gasteiger partial charge in [0.05, 0.1) is 7.11 Å². The standard InChI is InChI=1S/C14H25N3O/c1-16(2)8-5-9-17(3)11-12-6-7-13(15)10-14(12)18-4/h6-7,10H,5,8-9,11,15H2,1-4H3. The van der Waals surface area contributed by atoms with E-state index in [2.05, 4.69) is 30.9 Å². The van der Waals surface area contributed by atoms with Crippen LogP contribution >= 0.6 is 0 Å². The van der Waals surface area contributed by atoms with Gasteiger partial charge < -0.3 is 20.3 Å². The summed E-state index contributed by atoms with van der Waals surface area (Å²) in [5, 5.41) is 0. The van der Waals surface area contributed by atoms with Gasteiger partial charge in [0.25, 0.3) is 0 Å². The third-order valence-electron chi connectivity index (χ3n) is 2.90. The molecular formula is C14H25N3O. The predicted molar refractivity (Wildman–Crippen MR) is 76.9 cm³/mol. The smallest absolute Gasteiger partial charge is 0.125 e. The Morgan fingerprint density at radius 1 is 1.17 bits per heavy atom. The summed E-state index contributed by atoms with van der Waals surface area (Å²) < 4.78 is 5.35. The van der Waals surface area contributed by atoms with Gasteiger partial charge in [0.15, 0.2) is 0 Å². The van der Waals surface area contributed by atoms with Crippen molar-refractivity contribution < 1.29 is 4.74 Å². The summed E-state index contributed by atoms with van der Waals surface area (Å²) >= 11 is 0. The highest BCUT2D eigenvalue weighted by atomic mass is 16.5. The van der Waals surface area contributed by atoms with E-state index >= 15 is 0 Å². The van der Waals surface area contributed by atoms with Gasteiger partial charge >= 0.3 is 0 Å². The van der Waals surface area contributed by atoms with E-state index in [1.54, 1.807) is 7.11 Å². The Hall–Kier alpha value is -1.26. The van der Waals surface area contributed by atoms with Crippen LogP contribution in [0.15, 0.2) is 18.2 Å². The van der Waals surface area contributed by atoms with E-state index in [0.717, 1.165) is 31.1 Å². The van der Waals surface area contributed by atoms with E-state index in [4.69, 9.17) is 10.5 Å². The molecule has 4 heteroatoms. The lowest BCUT2D eigenvalue weighted by molar-refractivity contribution is 0.289. The van der Waals surface area contributed by atoms with E-state index < -0.39 is 0 Å². The molecule has 0 aliphatic carbocycles. The minimum atomic E-state index is 0.742. The average Bonchev–Trinajstić information content (AvgIpc) is 2.31. The van der Waals surface area contributed by atoms with Gasteiger partial charge in [0, 0.05) is 23.9 Å². The SMILES string of the molecule is COc1cc(N)ccc1CN(C)CCCN(C)C. The second kappa shape index (κ2) is 7.24. The largest absolute Gasteiger partial charge is 0.496 e. The summed E-state index contributed by atoms with van der Waals surface area (Å²) in [5.74, 6) is 0.870. The number of hydrogen-bond donors (Lipinski definition) is 1. The van der Waals surface area contributed by atoms with Crippen LogP contribution in [-0.4, -0.2) is 51.1 Å². The summed E-state index contributed by atoms with van der Waals surface area (Å²) in [6.45, 7) is 3.08. The fraction of sp³-hybridized carbons (Fsp3) is 0.571. The van der Waals surface area contributed by atoms with Crippen molar-refractivity contribution >= 4 is 5.69 Å². The molecule has 0 saturated heterocycles. The number of methoxy groups -OCH3 is 1. The predicted octanol–water partition coefficient (Wildman–Crippen LogP) is 1.66. The maximum atomic E-state index is 5.75. The van der Waals surface area contributed by atoms with E-state index in [9.17, 15) is 0 Å². The summed E-state index contributed by atoms with van der Waals surface area (Å²) in [5.41, 5.74) is 7.67. The second-order valence-corrected chi connectivity index (χ2v) is 4.97. The first-order valence-electron chi connectivity index (χ1n) is 6.28. The van der Waals surface area contributed by atoms with Crippen molar-refractivity contribution in [3.8, 4) is 5.75 Å². The van der Waals surface area contributed by atoms with Crippen molar-refractivity contribution in [1.29, 1.82) is 0 Å². The van der Waals surface area contributed by atoms with Crippen LogP contribution in [0.4, 0.5) is 5.69 Å². The molecule has 0 radical (unpaired) electrons. The Bertz CT molecular complexity index is 366. The van der Waals surface area contributed by atoms with Gasteiger partial charge in [-0.25, -0.2) is 0 Å². The zero-order chi connectivity index (χ0) is 13.5. The minimum absolute atomic E-state index is 0.742. The quantitative estimate of drug-likeness (QED) is 0.748. The molecule has 0 saturated carbocycles. The van der Waals surface area contributed by atoms with Crippen LogP contribution < -0.4 is 10.5 Å². The topological polar surface area (TPSA) is 41.7 Å². The van der Waals surface area contributed by atoms with Gasteiger partial charge in [0.2, 0.25) is 0 Å². The van der Waals surface area contributed by atoms with Crippen molar-refractivity contribution in [3.05, 3.63) is 23.8 Å². The summed E-state index contributed by atoms with van der Waals surface area (Å²) in [4.78, 5) is 4.51. The maximum Gasteiger partial charge on any atom is 0.125 e. The fourth-order valence-electron chi connectivity index (χ4n) is 1.92. The van der Waals surface area contributed by atoms with Crippen molar-refractivity contribution in [3.63, 3.8) is 0 Å². The highest BCUT2D eigenvalue weighted by Crippen LogP contribution is 2.22. The molecule has 18 heavy (non-hydrogen) atoms. The Balaban J connectivity index is 2.50. The number of nitrogens with zero attached hydrogens (tertiary/aromatic N) is 2. The van der Waals surface area contributed by atoms with Crippen molar-refractivity contribution in [2.24, 2.45) is 0 Å². The van der Waals surface area contributed by atoms with Crippen molar-refractivity contribution in [2.75, 3.05) is 47.1 Å². The number of anilines is 1. The van der Waals surface area contributed by atoms with Gasteiger partial charge in [0.1, 0.15) is 5.75 Å². The van der Waals surface area contributed by atoms with Crippen molar-refractivity contribution in [2.45, 2.75) is 13.0 Å². The van der Waals surface area contributed by atoms with Gasteiger partial charge in [-0.1, -0.05) is 6.07 Å². The molecule has 0 unspecified atom stereocenters. The van der Waals surface area contributed by atoms with Gasteiger partial charge in [-0.3, -0.25) is 0 Å². The molecule has 1 rings (SSSR count). The number of ether oxygens (including phenoxy) is 1. The molecule has 1 aromatic rings. The average molecular weight is 251 g/mol. The zero-order valence-electron chi connectivity index (χ0n) is 11.9. The molecule has 0 heterocycles. The first-order valence-corrected chi connectivity index (χ1v) is 6.28. The van der Waals surface area contributed by atoms with Crippen LogP contribution in [0, 0.1) is 0 Å².